The van der Waals surface area contributed by atoms with Crippen LogP contribution in [0.15, 0.2) is 18.2 Å². The lowest BCUT2D eigenvalue weighted by atomic mass is 10.2. The fraction of sp³-hybridized carbons (Fsp3) is 0.250. The van der Waals surface area contributed by atoms with Crippen LogP contribution in [0.3, 0.4) is 0 Å². The Bertz CT molecular complexity index is 540. The Morgan fingerprint density at radius 2 is 2.21 bits per heavy atom. The summed E-state index contributed by atoms with van der Waals surface area (Å²) >= 11 is 5.88. The fourth-order valence-corrected chi connectivity index (χ4v) is 1.57. The van der Waals surface area contributed by atoms with E-state index in [2.05, 4.69) is 10.6 Å². The first-order valence-corrected chi connectivity index (χ1v) is 5.85. The van der Waals surface area contributed by atoms with Crippen molar-refractivity contribution in [2.24, 2.45) is 0 Å². The van der Waals surface area contributed by atoms with Crippen molar-refractivity contribution in [2.45, 2.75) is 19.4 Å². The van der Waals surface area contributed by atoms with E-state index in [4.69, 9.17) is 22.0 Å². The van der Waals surface area contributed by atoms with E-state index in [-0.39, 0.29) is 11.4 Å². The molecular formula is C12H12ClN3O3. The van der Waals surface area contributed by atoms with Crippen molar-refractivity contribution >= 4 is 29.3 Å². The number of carboxylic acid groups (broad SMARTS) is 1. The minimum absolute atomic E-state index is 0.206. The summed E-state index contributed by atoms with van der Waals surface area (Å²) in [6, 6.07) is 4.67. The zero-order valence-electron chi connectivity index (χ0n) is 10.1. The number of amides is 2. The van der Waals surface area contributed by atoms with Gasteiger partial charge < -0.3 is 15.7 Å². The molecule has 0 aliphatic rings. The van der Waals surface area contributed by atoms with Crippen LogP contribution in [-0.2, 0) is 4.79 Å². The van der Waals surface area contributed by atoms with Gasteiger partial charge in [-0.3, -0.25) is 0 Å². The Morgan fingerprint density at radius 3 is 2.68 bits per heavy atom. The number of nitrogens with one attached hydrogen (secondary N) is 2. The maximum Gasteiger partial charge on any atom is 0.326 e. The van der Waals surface area contributed by atoms with Gasteiger partial charge in [0.15, 0.2) is 0 Å². The summed E-state index contributed by atoms with van der Waals surface area (Å²) in [5, 5.41) is 22.4. The average Bonchev–Trinajstić information content (AvgIpc) is 2.37. The Kier molecular flexibility index (Phi) is 5.15. The van der Waals surface area contributed by atoms with Crippen LogP contribution >= 0.6 is 11.6 Å². The smallest absolute Gasteiger partial charge is 0.326 e. The number of benzene rings is 1. The first-order valence-electron chi connectivity index (χ1n) is 5.48. The summed E-state index contributed by atoms with van der Waals surface area (Å²) < 4.78 is 0. The lowest BCUT2D eigenvalue weighted by Gasteiger charge is -2.13. The molecule has 0 bridgehead atoms. The highest BCUT2D eigenvalue weighted by Crippen LogP contribution is 2.22. The molecule has 0 aliphatic carbocycles. The molecule has 2 amide bonds. The minimum atomic E-state index is -1.11. The number of anilines is 1. The van der Waals surface area contributed by atoms with Crippen molar-refractivity contribution in [1.29, 1.82) is 5.26 Å². The van der Waals surface area contributed by atoms with Crippen molar-refractivity contribution in [1.82, 2.24) is 5.32 Å². The van der Waals surface area contributed by atoms with E-state index in [0.29, 0.717) is 11.3 Å². The number of hydrogen-bond acceptors (Lipinski definition) is 3. The fourth-order valence-electron chi connectivity index (χ4n) is 1.34. The van der Waals surface area contributed by atoms with Crippen molar-refractivity contribution in [3.63, 3.8) is 0 Å². The van der Waals surface area contributed by atoms with Gasteiger partial charge in [0.2, 0.25) is 0 Å². The molecular weight excluding hydrogens is 270 g/mol. The highest BCUT2D eigenvalue weighted by atomic mass is 35.5. The number of nitriles is 1. The highest BCUT2D eigenvalue weighted by molar-refractivity contribution is 6.33. The molecule has 0 saturated heterocycles. The summed E-state index contributed by atoms with van der Waals surface area (Å²) in [6.45, 7) is 1.65. The van der Waals surface area contributed by atoms with Crippen LogP contribution in [-0.4, -0.2) is 23.1 Å². The van der Waals surface area contributed by atoms with E-state index < -0.39 is 18.0 Å². The van der Waals surface area contributed by atoms with Crippen LogP contribution in [0, 0.1) is 11.3 Å². The molecule has 0 aromatic heterocycles. The zero-order valence-corrected chi connectivity index (χ0v) is 10.9. The molecule has 3 N–H and O–H groups in total. The van der Waals surface area contributed by atoms with E-state index in [9.17, 15) is 9.59 Å². The first kappa shape index (κ1) is 14.8. The van der Waals surface area contributed by atoms with Crippen molar-refractivity contribution in [2.75, 3.05) is 5.32 Å². The summed E-state index contributed by atoms with van der Waals surface area (Å²) in [6.07, 6.45) is 0.268. The van der Waals surface area contributed by atoms with Gasteiger partial charge in [0.05, 0.1) is 22.3 Å². The van der Waals surface area contributed by atoms with Crippen LogP contribution in [0.2, 0.25) is 5.02 Å². The SMILES string of the molecule is CCC(NC(=O)Nc1ccc(C#N)cc1Cl)C(=O)O. The van der Waals surface area contributed by atoms with Gasteiger partial charge in [-0.2, -0.15) is 5.26 Å². The second-order valence-electron chi connectivity index (χ2n) is 3.70. The third-order valence-corrected chi connectivity index (χ3v) is 2.67. The highest BCUT2D eigenvalue weighted by Gasteiger charge is 2.17. The molecule has 0 spiro atoms. The molecule has 0 radical (unpaired) electrons. The van der Waals surface area contributed by atoms with Crippen molar-refractivity contribution in [3.8, 4) is 6.07 Å². The number of rotatable bonds is 4. The second kappa shape index (κ2) is 6.61. The predicted molar refractivity (Wildman–Crippen MR) is 70.0 cm³/mol. The van der Waals surface area contributed by atoms with Gasteiger partial charge in [0.1, 0.15) is 6.04 Å². The van der Waals surface area contributed by atoms with Gasteiger partial charge in [0.25, 0.3) is 0 Å². The number of carboxylic acids is 1. The number of urea groups is 1. The maximum absolute atomic E-state index is 11.6. The van der Waals surface area contributed by atoms with Crippen LogP contribution in [0.5, 0.6) is 0 Å². The number of halogens is 1. The van der Waals surface area contributed by atoms with E-state index in [1.807, 2.05) is 6.07 Å². The van der Waals surface area contributed by atoms with E-state index in [1.165, 1.54) is 18.2 Å². The maximum atomic E-state index is 11.6. The van der Waals surface area contributed by atoms with E-state index in [0.717, 1.165) is 0 Å². The molecule has 1 rings (SSSR count). The lowest BCUT2D eigenvalue weighted by Crippen LogP contribution is -2.42. The number of aliphatic carboxylic acids is 1. The Balaban J connectivity index is 2.72. The molecule has 1 unspecified atom stereocenters. The van der Waals surface area contributed by atoms with Crippen LogP contribution in [0.1, 0.15) is 18.9 Å². The monoisotopic (exact) mass is 281 g/mol. The number of carbonyl (C=O) groups is 2. The summed E-state index contributed by atoms with van der Waals surface area (Å²) in [7, 11) is 0. The molecule has 0 aliphatic heterocycles. The molecule has 0 heterocycles. The third-order valence-electron chi connectivity index (χ3n) is 2.36. The quantitative estimate of drug-likeness (QED) is 0.787. The number of carbonyl (C=O) groups excluding carboxylic acids is 1. The molecule has 1 atom stereocenters. The Morgan fingerprint density at radius 1 is 1.53 bits per heavy atom. The normalized spacial score (nSPS) is 11.2. The first-order chi connectivity index (χ1) is 8.97. The molecule has 0 fully saturated rings. The summed E-state index contributed by atoms with van der Waals surface area (Å²) in [5.74, 6) is -1.11. The van der Waals surface area contributed by atoms with Crippen LogP contribution in [0.4, 0.5) is 10.5 Å². The minimum Gasteiger partial charge on any atom is -0.480 e. The van der Waals surface area contributed by atoms with Gasteiger partial charge in [-0.05, 0) is 24.6 Å². The third kappa shape index (κ3) is 4.16. The van der Waals surface area contributed by atoms with E-state index in [1.54, 1.807) is 6.92 Å². The summed E-state index contributed by atoms with van der Waals surface area (Å²) in [5.41, 5.74) is 0.673. The Labute approximate surface area is 115 Å². The number of nitrogens with zero attached hydrogens (tertiary/aromatic N) is 1. The van der Waals surface area contributed by atoms with Crippen LogP contribution < -0.4 is 10.6 Å². The van der Waals surface area contributed by atoms with Crippen molar-refractivity contribution in [3.05, 3.63) is 28.8 Å². The Hall–Kier alpha value is -2.26. The van der Waals surface area contributed by atoms with Crippen LogP contribution in [0.25, 0.3) is 0 Å². The van der Waals surface area contributed by atoms with E-state index >= 15 is 0 Å². The molecule has 100 valence electrons. The molecule has 0 saturated carbocycles. The van der Waals surface area contributed by atoms with Gasteiger partial charge in [-0.15, -0.1) is 0 Å². The molecule has 1 aromatic rings. The predicted octanol–water partition coefficient (Wildman–Crippen LogP) is 2.20. The standard InChI is InChI=1S/C12H12ClN3O3/c1-2-9(11(17)18)15-12(19)16-10-4-3-7(6-14)5-8(10)13/h3-5,9H,2H2,1H3,(H,17,18)(H2,15,16,19). The molecule has 7 heteroatoms. The topological polar surface area (TPSA) is 102 Å². The molecule has 1 aromatic carbocycles. The lowest BCUT2D eigenvalue weighted by molar-refractivity contribution is -0.139. The second-order valence-corrected chi connectivity index (χ2v) is 4.11. The van der Waals surface area contributed by atoms with Gasteiger partial charge in [0, 0.05) is 0 Å². The van der Waals surface area contributed by atoms with Gasteiger partial charge in [-0.25, -0.2) is 9.59 Å². The molecule has 6 nitrogen and oxygen atoms in total. The zero-order chi connectivity index (χ0) is 14.4. The van der Waals surface area contributed by atoms with Crippen molar-refractivity contribution < 1.29 is 14.7 Å². The number of hydrogen-bond donors (Lipinski definition) is 3. The average molecular weight is 282 g/mol. The molecule has 19 heavy (non-hydrogen) atoms. The summed E-state index contributed by atoms with van der Waals surface area (Å²) in [4.78, 5) is 22.3. The largest absolute Gasteiger partial charge is 0.480 e. The van der Waals surface area contributed by atoms with Gasteiger partial charge in [-0.1, -0.05) is 18.5 Å². The van der Waals surface area contributed by atoms with Gasteiger partial charge >= 0.3 is 12.0 Å².